The van der Waals surface area contributed by atoms with Crippen LogP contribution in [0.4, 0.5) is 0 Å². The van der Waals surface area contributed by atoms with E-state index in [0.29, 0.717) is 0 Å². The first-order chi connectivity index (χ1) is 4.61. The van der Waals surface area contributed by atoms with Crippen LogP contribution in [-0.2, 0) is 0 Å². The third-order valence-electron chi connectivity index (χ3n) is 1.32. The molecule has 5 heteroatoms. The summed E-state index contributed by atoms with van der Waals surface area (Å²) in [6, 6.07) is 0. The first-order valence-electron chi connectivity index (χ1n) is 3.34. The molecule has 0 radical (unpaired) electrons. The average Bonchev–Trinajstić information content (AvgIpc) is 1.88. The average molecular weight is 161 g/mol. The topological polar surface area (TPSA) is 38.8 Å². The molecular weight excluding hydrogens is 149 g/mol. The molecule has 0 amide bonds. The Kier molecular flexibility index (Phi) is 4.08. The molecule has 0 saturated heterocycles. The smallest absolute Gasteiger partial charge is 0.395 e. The monoisotopic (exact) mass is 161 g/mol. The molecule has 0 aromatic heterocycles. The molecule has 1 heterocycles. The van der Waals surface area contributed by atoms with Crippen molar-refractivity contribution in [2.75, 3.05) is 0 Å². The Morgan fingerprint density at radius 1 is 1.18 bits per heavy atom. The molecule has 0 bridgehead atoms. The molecule has 56 valence electrons. The van der Waals surface area contributed by atoms with Gasteiger partial charge in [0.05, 0.1) is 8.07 Å². The molecule has 1 rings (SSSR count). The van der Waals surface area contributed by atoms with Gasteiger partial charge in [-0.3, -0.25) is 0 Å². The van der Waals surface area contributed by atoms with Gasteiger partial charge in [-0.05, 0) is 12.7 Å². The minimum absolute atomic E-state index is 0. The van der Waals surface area contributed by atoms with E-state index >= 15 is 0 Å². The van der Waals surface area contributed by atoms with E-state index in [4.69, 9.17) is 0 Å². The maximum absolute atomic E-state index is 4.17. The van der Waals surface area contributed by atoms with Crippen LogP contribution in [0.5, 0.6) is 0 Å². The second kappa shape index (κ2) is 4.10. The zero-order valence-corrected chi connectivity index (χ0v) is 8.57. The van der Waals surface area contributed by atoms with E-state index in [2.05, 4.69) is 34.9 Å². The Labute approximate surface area is 80.6 Å². The number of rotatable bonds is 1. The second-order valence-corrected chi connectivity index (χ2v) is 8.67. The first kappa shape index (κ1) is 11.0. The molecule has 11 heavy (non-hydrogen) atoms. The van der Waals surface area contributed by atoms with Crippen LogP contribution in [0, 0.1) is 0 Å². The molecule has 1 aliphatic rings. The van der Waals surface area contributed by atoms with E-state index in [9.17, 15) is 0 Å². The fourth-order valence-electron chi connectivity index (χ4n) is 0.719. The predicted molar refractivity (Wildman–Crippen MR) is 47.5 cm³/mol. The van der Waals surface area contributed by atoms with Gasteiger partial charge in [-0.1, -0.05) is 19.6 Å². The van der Waals surface area contributed by atoms with Crippen LogP contribution in [0.25, 0.3) is 5.32 Å². The standard InChI is InChI=1S/C6H12N3Si.Li/c1-10(2,3)6-8-4-7-5-9-6;/h4-6H,1-3H3;/q-1;+1. The minimum Gasteiger partial charge on any atom is -0.395 e. The van der Waals surface area contributed by atoms with Gasteiger partial charge in [-0.15, -0.1) is 0 Å². The summed E-state index contributed by atoms with van der Waals surface area (Å²) in [6.45, 7) is 6.74. The Morgan fingerprint density at radius 3 is 1.91 bits per heavy atom. The Morgan fingerprint density at radius 2 is 1.64 bits per heavy atom. The molecular formula is C6H12LiN3Si. The summed E-state index contributed by atoms with van der Waals surface area (Å²) in [7, 11) is -1.21. The van der Waals surface area contributed by atoms with Gasteiger partial charge in [-0.25, -0.2) is 0 Å². The number of hydrogen-bond donors (Lipinski definition) is 0. The predicted octanol–water partition coefficient (Wildman–Crippen LogP) is -1.36. The SMILES string of the molecule is C[Si](C)(C)C1N=C[N-]C=N1.[Li+]. The van der Waals surface area contributed by atoms with Crippen LogP contribution in [0.1, 0.15) is 0 Å². The zero-order valence-electron chi connectivity index (χ0n) is 7.57. The van der Waals surface area contributed by atoms with Crippen LogP contribution >= 0.6 is 0 Å². The van der Waals surface area contributed by atoms with Gasteiger partial charge < -0.3 is 15.3 Å². The second-order valence-electron chi connectivity index (χ2n) is 3.42. The van der Waals surface area contributed by atoms with Crippen molar-refractivity contribution in [3.63, 3.8) is 0 Å². The quantitative estimate of drug-likeness (QED) is 0.426. The third kappa shape index (κ3) is 3.23. The van der Waals surface area contributed by atoms with Crippen molar-refractivity contribution in [1.29, 1.82) is 0 Å². The zero-order chi connectivity index (χ0) is 7.61. The van der Waals surface area contributed by atoms with Crippen molar-refractivity contribution in [3.8, 4) is 0 Å². The van der Waals surface area contributed by atoms with E-state index < -0.39 is 8.07 Å². The van der Waals surface area contributed by atoms with E-state index in [1.165, 1.54) is 0 Å². The van der Waals surface area contributed by atoms with E-state index in [-0.39, 0.29) is 24.6 Å². The van der Waals surface area contributed by atoms with Gasteiger partial charge >= 0.3 is 18.9 Å². The third-order valence-corrected chi connectivity index (χ3v) is 3.17. The van der Waals surface area contributed by atoms with Gasteiger partial charge in [0.15, 0.2) is 0 Å². The van der Waals surface area contributed by atoms with Gasteiger partial charge in [0.2, 0.25) is 0 Å². The Hall–Kier alpha value is -0.0457. The van der Waals surface area contributed by atoms with Gasteiger partial charge in [0.1, 0.15) is 0 Å². The summed E-state index contributed by atoms with van der Waals surface area (Å²) in [6.07, 6.45) is 3.19. The number of aliphatic imine (C=N–C) groups is 2. The summed E-state index contributed by atoms with van der Waals surface area (Å²) in [5.74, 6) is 0.185. The molecule has 0 atom stereocenters. The van der Waals surface area contributed by atoms with Crippen LogP contribution in [-0.4, -0.2) is 26.5 Å². The molecule has 0 fully saturated rings. The molecule has 3 nitrogen and oxygen atoms in total. The molecule has 0 aromatic rings. The molecule has 0 saturated carbocycles. The first-order valence-corrected chi connectivity index (χ1v) is 6.92. The van der Waals surface area contributed by atoms with Crippen molar-refractivity contribution in [3.05, 3.63) is 5.32 Å². The van der Waals surface area contributed by atoms with Gasteiger partial charge in [0.25, 0.3) is 0 Å². The number of hydrogen-bond acceptors (Lipinski definition) is 2. The van der Waals surface area contributed by atoms with E-state index in [1.807, 2.05) is 0 Å². The molecule has 1 aliphatic heterocycles. The van der Waals surface area contributed by atoms with Crippen molar-refractivity contribution in [1.82, 2.24) is 0 Å². The molecule has 0 aromatic carbocycles. The van der Waals surface area contributed by atoms with Gasteiger partial charge in [-0.2, -0.15) is 0 Å². The van der Waals surface area contributed by atoms with Crippen molar-refractivity contribution >= 4 is 20.8 Å². The normalized spacial score (nSPS) is 17.4. The number of nitrogens with zero attached hydrogens (tertiary/aromatic N) is 3. The molecule has 0 aliphatic carbocycles. The molecule has 0 N–H and O–H groups in total. The van der Waals surface area contributed by atoms with Crippen molar-refractivity contribution in [2.45, 2.75) is 25.4 Å². The Bertz CT molecular complexity index is 161. The van der Waals surface area contributed by atoms with E-state index in [0.717, 1.165) is 0 Å². The Balaban J connectivity index is 0.000001000. The van der Waals surface area contributed by atoms with Crippen LogP contribution in [0.3, 0.4) is 0 Å². The summed E-state index contributed by atoms with van der Waals surface area (Å²) in [5, 5.41) is 3.78. The maximum atomic E-state index is 4.17. The summed E-state index contributed by atoms with van der Waals surface area (Å²) < 4.78 is 0. The minimum atomic E-state index is -1.21. The summed E-state index contributed by atoms with van der Waals surface area (Å²) in [4.78, 5) is 8.35. The van der Waals surface area contributed by atoms with Crippen molar-refractivity contribution in [2.24, 2.45) is 9.98 Å². The van der Waals surface area contributed by atoms with Crippen LogP contribution in [0.15, 0.2) is 9.98 Å². The van der Waals surface area contributed by atoms with Crippen LogP contribution in [0.2, 0.25) is 19.6 Å². The maximum Gasteiger partial charge on any atom is 1.00 e. The van der Waals surface area contributed by atoms with Crippen molar-refractivity contribution < 1.29 is 18.9 Å². The summed E-state index contributed by atoms with van der Waals surface area (Å²) in [5.41, 5.74) is 0. The fourth-order valence-corrected chi connectivity index (χ4v) is 1.75. The molecule has 0 spiro atoms. The fraction of sp³-hybridized carbons (Fsp3) is 0.667. The largest absolute Gasteiger partial charge is 1.00 e. The summed E-state index contributed by atoms with van der Waals surface area (Å²) >= 11 is 0. The van der Waals surface area contributed by atoms with E-state index in [1.54, 1.807) is 12.7 Å². The molecule has 0 unspecified atom stereocenters. The van der Waals surface area contributed by atoms with Gasteiger partial charge in [0, 0.05) is 5.79 Å². The van der Waals surface area contributed by atoms with Crippen LogP contribution < -0.4 is 18.9 Å².